The number of nitrogens with two attached hydrogens (primary N) is 1. The van der Waals surface area contributed by atoms with Crippen molar-refractivity contribution >= 4 is 12.6 Å². The zero-order valence-corrected chi connectivity index (χ0v) is 7.51. The zero-order chi connectivity index (χ0) is 8.27. The first-order valence-electron chi connectivity index (χ1n) is 3.72. The number of thiol groups is 1. The molecule has 0 aromatic heterocycles. The van der Waals surface area contributed by atoms with E-state index in [2.05, 4.69) is 24.8 Å². The second-order valence-electron chi connectivity index (χ2n) is 2.85. The summed E-state index contributed by atoms with van der Waals surface area (Å²) in [5.41, 5.74) is 6.92. The number of rotatable bonds is 2. The molecule has 0 spiro atoms. The monoisotopic (exact) mass is 167 g/mol. The van der Waals surface area contributed by atoms with Gasteiger partial charge in [-0.1, -0.05) is 12.1 Å². The average molecular weight is 167 g/mol. The fraction of sp³-hybridized carbons (Fsp3) is 0.333. The molecule has 2 N–H and O–H groups in total. The molecule has 60 valence electrons. The van der Waals surface area contributed by atoms with Crippen LogP contribution in [0, 0.1) is 0 Å². The number of benzene rings is 1. The standard InChI is InChI=1S/C9H13NS/c1-7(10)6-8-2-4-9(11)5-3-8/h2-5,7,11H,6,10H2,1H3/t7-/m1/s1. The second-order valence-corrected chi connectivity index (χ2v) is 3.36. The van der Waals surface area contributed by atoms with Gasteiger partial charge in [0.1, 0.15) is 0 Å². The summed E-state index contributed by atoms with van der Waals surface area (Å²) in [4.78, 5) is 0.999. The van der Waals surface area contributed by atoms with E-state index in [1.54, 1.807) is 0 Å². The van der Waals surface area contributed by atoms with Crippen LogP contribution in [0.4, 0.5) is 0 Å². The predicted octanol–water partition coefficient (Wildman–Crippen LogP) is 1.86. The van der Waals surface area contributed by atoms with Gasteiger partial charge < -0.3 is 5.73 Å². The molecule has 1 aromatic carbocycles. The summed E-state index contributed by atoms with van der Waals surface area (Å²) in [6.45, 7) is 2.01. The highest BCUT2D eigenvalue weighted by Gasteiger charge is 1.95. The molecule has 1 aromatic rings. The summed E-state index contributed by atoms with van der Waals surface area (Å²) in [5.74, 6) is 0. The summed E-state index contributed by atoms with van der Waals surface area (Å²) in [5, 5.41) is 0. The van der Waals surface area contributed by atoms with Crippen molar-refractivity contribution in [3.05, 3.63) is 29.8 Å². The SMILES string of the molecule is C[C@@H](N)Cc1ccc(S)cc1. The van der Waals surface area contributed by atoms with Gasteiger partial charge in [-0.2, -0.15) is 0 Å². The van der Waals surface area contributed by atoms with Gasteiger partial charge in [-0.3, -0.25) is 0 Å². The molecule has 1 rings (SSSR count). The van der Waals surface area contributed by atoms with E-state index in [4.69, 9.17) is 5.73 Å². The molecule has 0 unspecified atom stereocenters. The lowest BCUT2D eigenvalue weighted by Crippen LogP contribution is -2.17. The van der Waals surface area contributed by atoms with Gasteiger partial charge in [-0.25, -0.2) is 0 Å². The van der Waals surface area contributed by atoms with Gasteiger partial charge in [-0.15, -0.1) is 12.6 Å². The zero-order valence-electron chi connectivity index (χ0n) is 6.62. The van der Waals surface area contributed by atoms with Gasteiger partial charge in [0, 0.05) is 10.9 Å². The molecular formula is C9H13NS. The summed E-state index contributed by atoms with van der Waals surface area (Å²) in [7, 11) is 0. The van der Waals surface area contributed by atoms with Crippen LogP contribution in [0.2, 0.25) is 0 Å². The minimum absolute atomic E-state index is 0.237. The maximum absolute atomic E-state index is 5.64. The third-order valence-corrected chi connectivity index (χ3v) is 1.79. The van der Waals surface area contributed by atoms with E-state index >= 15 is 0 Å². The van der Waals surface area contributed by atoms with Crippen LogP contribution in [0.1, 0.15) is 12.5 Å². The van der Waals surface area contributed by atoms with E-state index in [0.29, 0.717) is 0 Å². The highest BCUT2D eigenvalue weighted by molar-refractivity contribution is 7.80. The molecule has 0 saturated carbocycles. The van der Waals surface area contributed by atoms with Crippen LogP contribution in [0.25, 0.3) is 0 Å². The molecular weight excluding hydrogens is 154 g/mol. The lowest BCUT2D eigenvalue weighted by Gasteiger charge is -2.04. The van der Waals surface area contributed by atoms with Crippen molar-refractivity contribution in [1.29, 1.82) is 0 Å². The maximum Gasteiger partial charge on any atom is 0.00509 e. The molecule has 0 radical (unpaired) electrons. The summed E-state index contributed by atoms with van der Waals surface area (Å²) in [6, 6.07) is 8.33. The average Bonchev–Trinajstić information content (AvgIpc) is 1.93. The van der Waals surface area contributed by atoms with Crippen LogP contribution in [-0.2, 0) is 6.42 Å². The summed E-state index contributed by atoms with van der Waals surface area (Å²) < 4.78 is 0. The minimum Gasteiger partial charge on any atom is -0.328 e. The van der Waals surface area contributed by atoms with Crippen molar-refractivity contribution in [3.63, 3.8) is 0 Å². The van der Waals surface area contributed by atoms with Crippen molar-refractivity contribution in [2.45, 2.75) is 24.3 Å². The van der Waals surface area contributed by atoms with Crippen molar-refractivity contribution in [2.24, 2.45) is 5.73 Å². The Balaban J connectivity index is 2.66. The predicted molar refractivity (Wildman–Crippen MR) is 51.0 cm³/mol. The lowest BCUT2D eigenvalue weighted by molar-refractivity contribution is 0.737. The van der Waals surface area contributed by atoms with Gasteiger partial charge >= 0.3 is 0 Å². The molecule has 11 heavy (non-hydrogen) atoms. The largest absolute Gasteiger partial charge is 0.328 e. The van der Waals surface area contributed by atoms with E-state index in [0.717, 1.165) is 11.3 Å². The Morgan fingerprint density at radius 2 is 1.91 bits per heavy atom. The molecule has 0 saturated heterocycles. The molecule has 0 aliphatic carbocycles. The Morgan fingerprint density at radius 3 is 2.36 bits per heavy atom. The van der Waals surface area contributed by atoms with Gasteiger partial charge in [0.25, 0.3) is 0 Å². The molecule has 0 aliphatic rings. The molecule has 0 aliphatic heterocycles. The van der Waals surface area contributed by atoms with Crippen molar-refractivity contribution in [1.82, 2.24) is 0 Å². The van der Waals surface area contributed by atoms with E-state index < -0.39 is 0 Å². The first-order chi connectivity index (χ1) is 5.18. The first kappa shape index (κ1) is 8.62. The van der Waals surface area contributed by atoms with E-state index in [1.165, 1.54) is 5.56 Å². The topological polar surface area (TPSA) is 26.0 Å². The quantitative estimate of drug-likeness (QED) is 0.646. The minimum atomic E-state index is 0.237. The van der Waals surface area contributed by atoms with Crippen molar-refractivity contribution in [2.75, 3.05) is 0 Å². The molecule has 0 fully saturated rings. The van der Waals surface area contributed by atoms with Crippen molar-refractivity contribution in [3.8, 4) is 0 Å². The molecule has 2 heteroatoms. The Morgan fingerprint density at radius 1 is 1.36 bits per heavy atom. The highest BCUT2D eigenvalue weighted by Crippen LogP contribution is 2.08. The summed E-state index contributed by atoms with van der Waals surface area (Å²) >= 11 is 4.19. The Hall–Kier alpha value is -0.470. The molecule has 0 bridgehead atoms. The van der Waals surface area contributed by atoms with Crippen LogP contribution in [0.15, 0.2) is 29.2 Å². The fourth-order valence-corrected chi connectivity index (χ4v) is 1.15. The molecule has 0 amide bonds. The van der Waals surface area contributed by atoms with Crippen LogP contribution >= 0.6 is 12.6 Å². The van der Waals surface area contributed by atoms with Gasteiger partial charge in [0.05, 0.1) is 0 Å². The van der Waals surface area contributed by atoms with E-state index in [9.17, 15) is 0 Å². The van der Waals surface area contributed by atoms with E-state index in [-0.39, 0.29) is 6.04 Å². The highest BCUT2D eigenvalue weighted by atomic mass is 32.1. The first-order valence-corrected chi connectivity index (χ1v) is 4.16. The third-order valence-electron chi connectivity index (χ3n) is 1.49. The van der Waals surface area contributed by atoms with Gasteiger partial charge in [0.15, 0.2) is 0 Å². The lowest BCUT2D eigenvalue weighted by atomic mass is 10.1. The van der Waals surface area contributed by atoms with Crippen LogP contribution < -0.4 is 5.73 Å². The molecule has 0 heterocycles. The van der Waals surface area contributed by atoms with Crippen molar-refractivity contribution < 1.29 is 0 Å². The van der Waals surface area contributed by atoms with Gasteiger partial charge in [0.2, 0.25) is 0 Å². The number of hydrogen-bond acceptors (Lipinski definition) is 2. The Bertz CT molecular complexity index is 216. The fourth-order valence-electron chi connectivity index (χ4n) is 1.00. The number of hydrogen-bond donors (Lipinski definition) is 2. The molecule has 1 nitrogen and oxygen atoms in total. The van der Waals surface area contributed by atoms with Crippen LogP contribution in [0.3, 0.4) is 0 Å². The van der Waals surface area contributed by atoms with Crippen LogP contribution in [-0.4, -0.2) is 6.04 Å². The summed E-state index contributed by atoms with van der Waals surface area (Å²) in [6.07, 6.45) is 0.939. The van der Waals surface area contributed by atoms with Crippen LogP contribution in [0.5, 0.6) is 0 Å². The second kappa shape index (κ2) is 3.79. The third kappa shape index (κ3) is 2.95. The maximum atomic E-state index is 5.64. The molecule has 1 atom stereocenters. The Kier molecular flexibility index (Phi) is 2.97. The Labute approximate surface area is 73.0 Å². The smallest absolute Gasteiger partial charge is 0.00509 e. The normalized spacial score (nSPS) is 13.0. The van der Waals surface area contributed by atoms with E-state index in [1.807, 2.05) is 19.1 Å². The van der Waals surface area contributed by atoms with Gasteiger partial charge in [-0.05, 0) is 31.0 Å².